The van der Waals surface area contributed by atoms with Crippen LogP contribution in [0.25, 0.3) is 0 Å². The first kappa shape index (κ1) is 18.5. The van der Waals surface area contributed by atoms with Crippen LogP contribution in [0.4, 0.5) is 0 Å². The Balaban J connectivity index is 0.00000220. The highest BCUT2D eigenvalue weighted by Gasteiger charge is 2.05. The largest absolute Gasteiger partial charge is 1.00 e. The van der Waals surface area contributed by atoms with Gasteiger partial charge in [-0.1, -0.05) is 41.0 Å². The predicted octanol–water partition coefficient (Wildman–Crippen LogP) is -0.207. The number of hydrogen-bond acceptors (Lipinski definition) is 5. The maximum atomic E-state index is 6.10. The van der Waals surface area contributed by atoms with E-state index in [1.165, 1.54) is 0 Å². The molecule has 0 fully saturated rings. The molecule has 1 aromatic heterocycles. The monoisotopic (exact) mass is 366 g/mol. The van der Waals surface area contributed by atoms with Crippen LogP contribution in [0.3, 0.4) is 0 Å². The molecule has 2 rings (SSSR count). The van der Waals surface area contributed by atoms with Crippen molar-refractivity contribution in [3.05, 3.63) is 33.8 Å². The molecule has 21 heavy (non-hydrogen) atoms. The van der Waals surface area contributed by atoms with Crippen LogP contribution in [0.15, 0.2) is 23.4 Å². The summed E-state index contributed by atoms with van der Waals surface area (Å²) in [7, 11) is 1.83. The van der Waals surface area contributed by atoms with Gasteiger partial charge in [-0.3, -0.25) is 0 Å². The molecule has 116 valence electrons. The van der Waals surface area contributed by atoms with E-state index in [2.05, 4.69) is 20.8 Å². The Hall–Kier alpha value is -0.530. The molecule has 0 spiro atoms. The summed E-state index contributed by atoms with van der Waals surface area (Å²) in [6.07, 6.45) is 1.01. The summed E-state index contributed by atoms with van der Waals surface area (Å²) in [6, 6.07) is 5.54. The molecule has 0 radical (unpaired) electrons. The fourth-order valence-electron chi connectivity index (χ4n) is 1.62. The first-order valence-corrected chi connectivity index (χ1v) is 7.91. The zero-order valence-corrected chi connectivity index (χ0v) is 14.5. The molecule has 0 amide bonds. The Labute approximate surface area is 144 Å². The summed E-state index contributed by atoms with van der Waals surface area (Å²) in [5.74, 6) is 0.956. The van der Waals surface area contributed by atoms with Crippen LogP contribution >= 0.6 is 35.0 Å². The van der Waals surface area contributed by atoms with Gasteiger partial charge in [0.25, 0.3) is 0 Å². The topological polar surface area (TPSA) is 55.6 Å². The van der Waals surface area contributed by atoms with Gasteiger partial charge in [0.1, 0.15) is 0 Å². The number of benzene rings is 1. The fourth-order valence-corrected chi connectivity index (χ4v) is 2.94. The van der Waals surface area contributed by atoms with Crippen LogP contribution in [-0.4, -0.2) is 32.5 Å². The number of nitrogens with zero attached hydrogens (tertiary/aromatic N) is 4. The quantitative estimate of drug-likeness (QED) is 0.542. The molecule has 0 aliphatic rings. The van der Waals surface area contributed by atoms with Crippen molar-refractivity contribution in [3.63, 3.8) is 0 Å². The highest BCUT2D eigenvalue weighted by molar-refractivity contribution is 7.99. The molecule has 9 heteroatoms. The normalized spacial score (nSPS) is 10.4. The van der Waals surface area contributed by atoms with Gasteiger partial charge in [-0.2, -0.15) is 0 Å². The molecule has 0 saturated heterocycles. The Kier molecular flexibility index (Phi) is 8.36. The van der Waals surface area contributed by atoms with Crippen molar-refractivity contribution in [2.45, 2.75) is 18.1 Å². The summed E-state index contributed by atoms with van der Waals surface area (Å²) < 4.78 is 1.67. The van der Waals surface area contributed by atoms with E-state index in [9.17, 15) is 0 Å². The van der Waals surface area contributed by atoms with Crippen molar-refractivity contribution in [2.75, 3.05) is 12.3 Å². The summed E-state index contributed by atoms with van der Waals surface area (Å²) in [4.78, 5) is 0. The first-order chi connectivity index (χ1) is 9.68. The lowest BCUT2D eigenvalue weighted by molar-refractivity contribution is -0.00000413. The lowest BCUT2D eigenvalue weighted by Crippen LogP contribution is -3.00. The number of rotatable bonds is 7. The van der Waals surface area contributed by atoms with Gasteiger partial charge in [0.05, 0.1) is 0 Å². The van der Waals surface area contributed by atoms with Crippen LogP contribution in [0, 0.1) is 0 Å². The second-order valence-electron chi connectivity index (χ2n) is 4.16. The number of halogens is 3. The van der Waals surface area contributed by atoms with Crippen LogP contribution in [0.2, 0.25) is 10.0 Å². The highest BCUT2D eigenvalue weighted by atomic mass is 35.5. The van der Waals surface area contributed by atoms with Crippen LogP contribution < -0.4 is 17.7 Å². The van der Waals surface area contributed by atoms with Gasteiger partial charge >= 0.3 is 0 Å². The second kappa shape index (κ2) is 9.48. The first-order valence-electron chi connectivity index (χ1n) is 6.17. The molecule has 0 aliphatic carbocycles. The standard InChI is InChI=1S/C12H15Cl2N5S.ClH/c1-19-12(16-17-18-19)20-7-3-6-15-8-9-10(13)4-2-5-11(9)14;/h2,4-5,15H,3,6-8H2,1H3;1H/p-1. The summed E-state index contributed by atoms with van der Waals surface area (Å²) in [5.41, 5.74) is 0.945. The third-order valence-electron chi connectivity index (χ3n) is 2.67. The van der Waals surface area contributed by atoms with E-state index in [4.69, 9.17) is 23.2 Å². The minimum atomic E-state index is 0. The Morgan fingerprint density at radius 1 is 1.29 bits per heavy atom. The number of hydrogen-bond donors (Lipinski definition) is 1. The average Bonchev–Trinajstić information content (AvgIpc) is 2.82. The zero-order chi connectivity index (χ0) is 14.4. The van der Waals surface area contributed by atoms with Crippen molar-refractivity contribution >= 4 is 35.0 Å². The molecule has 5 nitrogen and oxygen atoms in total. The molecule has 0 aliphatic heterocycles. The third kappa shape index (κ3) is 5.64. The van der Waals surface area contributed by atoms with Crippen molar-refractivity contribution < 1.29 is 12.4 Å². The van der Waals surface area contributed by atoms with Crippen LogP contribution in [0.1, 0.15) is 12.0 Å². The molecular weight excluding hydrogens is 353 g/mol. The Bertz CT molecular complexity index is 543. The van der Waals surface area contributed by atoms with Gasteiger partial charge in [0.15, 0.2) is 0 Å². The van der Waals surface area contributed by atoms with Crippen molar-refractivity contribution in [2.24, 2.45) is 7.05 Å². The van der Waals surface area contributed by atoms with E-state index in [0.717, 1.165) is 29.4 Å². The SMILES string of the molecule is Cn1nnnc1SCCCNCc1c(Cl)cccc1Cl.[Cl-]. The van der Waals surface area contributed by atoms with Crippen molar-refractivity contribution in [1.82, 2.24) is 25.5 Å². The van der Waals surface area contributed by atoms with Crippen molar-refractivity contribution in [3.8, 4) is 0 Å². The zero-order valence-electron chi connectivity index (χ0n) is 11.4. The maximum absolute atomic E-state index is 6.10. The van der Waals surface area contributed by atoms with Gasteiger partial charge in [0.2, 0.25) is 5.16 Å². The number of nitrogens with one attached hydrogen (secondary N) is 1. The van der Waals surface area contributed by atoms with E-state index in [0.29, 0.717) is 16.6 Å². The minimum absolute atomic E-state index is 0. The average molecular weight is 368 g/mol. The van der Waals surface area contributed by atoms with Crippen LogP contribution in [0.5, 0.6) is 0 Å². The van der Waals surface area contributed by atoms with Gasteiger partial charge in [-0.05, 0) is 35.5 Å². The van der Waals surface area contributed by atoms with Gasteiger partial charge in [-0.15, -0.1) is 5.10 Å². The van der Waals surface area contributed by atoms with Crippen LogP contribution in [-0.2, 0) is 13.6 Å². The molecule has 0 bridgehead atoms. The number of aromatic nitrogens is 4. The summed E-state index contributed by atoms with van der Waals surface area (Å²) >= 11 is 13.8. The van der Waals surface area contributed by atoms with E-state index in [1.807, 2.05) is 25.2 Å². The smallest absolute Gasteiger partial charge is 0.209 e. The van der Waals surface area contributed by atoms with E-state index >= 15 is 0 Å². The second-order valence-corrected chi connectivity index (χ2v) is 6.04. The van der Waals surface area contributed by atoms with E-state index in [1.54, 1.807) is 16.4 Å². The highest BCUT2D eigenvalue weighted by Crippen LogP contribution is 2.23. The minimum Gasteiger partial charge on any atom is -1.00 e. The van der Waals surface area contributed by atoms with Gasteiger partial charge in [-0.25, -0.2) is 4.68 Å². The Morgan fingerprint density at radius 3 is 2.62 bits per heavy atom. The molecular formula is C12H15Cl3N5S-. The van der Waals surface area contributed by atoms with E-state index in [-0.39, 0.29) is 12.4 Å². The van der Waals surface area contributed by atoms with Gasteiger partial charge < -0.3 is 17.7 Å². The third-order valence-corrected chi connectivity index (χ3v) is 4.48. The lowest BCUT2D eigenvalue weighted by atomic mass is 10.2. The summed E-state index contributed by atoms with van der Waals surface area (Å²) in [6.45, 7) is 1.56. The maximum Gasteiger partial charge on any atom is 0.209 e. The molecule has 0 unspecified atom stereocenters. The number of aryl methyl sites for hydroxylation is 1. The van der Waals surface area contributed by atoms with E-state index < -0.39 is 0 Å². The fraction of sp³-hybridized carbons (Fsp3) is 0.417. The number of tetrazole rings is 1. The molecule has 1 N–H and O–H groups in total. The Morgan fingerprint density at radius 2 is 2.00 bits per heavy atom. The predicted molar refractivity (Wildman–Crippen MR) is 82.3 cm³/mol. The lowest BCUT2D eigenvalue weighted by Gasteiger charge is -2.08. The molecule has 2 aromatic rings. The summed E-state index contributed by atoms with van der Waals surface area (Å²) in [5, 5.41) is 16.9. The molecule has 1 aromatic carbocycles. The van der Waals surface area contributed by atoms with Gasteiger partial charge in [0, 0.05) is 35.0 Å². The molecule has 1 heterocycles. The number of thioether (sulfide) groups is 1. The molecule has 0 saturated carbocycles. The van der Waals surface area contributed by atoms with Crippen molar-refractivity contribution in [1.29, 1.82) is 0 Å². The molecule has 0 atom stereocenters.